The van der Waals surface area contributed by atoms with Gasteiger partial charge in [0.2, 0.25) is 5.78 Å². The molecule has 0 radical (unpaired) electrons. The smallest absolute Gasteiger partial charge is 0.345 e. The first kappa shape index (κ1) is 19.0. The summed E-state index contributed by atoms with van der Waals surface area (Å²) in [6.45, 7) is 3.72. The van der Waals surface area contributed by atoms with Crippen molar-refractivity contribution in [2.24, 2.45) is 0 Å². The van der Waals surface area contributed by atoms with Crippen LogP contribution in [-0.4, -0.2) is 11.8 Å². The molecule has 1 aliphatic heterocycles. The highest BCUT2D eigenvalue weighted by molar-refractivity contribution is 6.33. The van der Waals surface area contributed by atoms with E-state index in [0.717, 1.165) is 11.1 Å². The number of rotatable bonds is 3. The molecule has 0 fully saturated rings. The summed E-state index contributed by atoms with van der Waals surface area (Å²) in [6, 6.07) is 17.6. The lowest BCUT2D eigenvalue weighted by Crippen LogP contribution is -2.10. The van der Waals surface area contributed by atoms with Crippen LogP contribution >= 0.6 is 11.6 Å². The van der Waals surface area contributed by atoms with Gasteiger partial charge < -0.3 is 9.47 Å². The van der Waals surface area contributed by atoms with Crippen LogP contribution in [0.1, 0.15) is 37.4 Å². The van der Waals surface area contributed by atoms with E-state index in [1.54, 1.807) is 49.4 Å². The van der Waals surface area contributed by atoms with Crippen molar-refractivity contribution in [1.29, 1.82) is 0 Å². The highest BCUT2D eigenvalue weighted by Gasteiger charge is 2.30. The molecule has 3 aromatic carbocycles. The molecule has 0 atom stereocenters. The molecular formula is C24H17ClO4. The number of carbonyl (C=O) groups is 2. The van der Waals surface area contributed by atoms with E-state index in [4.69, 9.17) is 21.1 Å². The van der Waals surface area contributed by atoms with Gasteiger partial charge in [0.25, 0.3) is 0 Å². The number of esters is 1. The van der Waals surface area contributed by atoms with Gasteiger partial charge in [-0.25, -0.2) is 4.79 Å². The molecule has 0 aliphatic carbocycles. The molecule has 4 nitrogen and oxygen atoms in total. The predicted molar refractivity (Wildman–Crippen MR) is 112 cm³/mol. The molecule has 4 rings (SSSR count). The summed E-state index contributed by atoms with van der Waals surface area (Å²) in [6.07, 6.45) is 1.73. The van der Waals surface area contributed by atoms with E-state index in [1.807, 2.05) is 31.2 Å². The van der Waals surface area contributed by atoms with Gasteiger partial charge in [-0.15, -0.1) is 0 Å². The average molecular weight is 405 g/mol. The number of benzene rings is 3. The first-order chi connectivity index (χ1) is 14.0. The second-order valence-electron chi connectivity index (χ2n) is 6.73. The monoisotopic (exact) mass is 404 g/mol. The number of Topliss-reactive ketones (excluding diaryl/α,β-unsaturated/α-hetero) is 1. The number of carbonyl (C=O) groups excluding carboxylic acids is 2. The lowest BCUT2D eigenvalue weighted by atomic mass is 10.0. The maximum Gasteiger partial charge on any atom is 0.345 e. The van der Waals surface area contributed by atoms with Gasteiger partial charge in [0.05, 0.1) is 16.1 Å². The molecular weight excluding hydrogens is 388 g/mol. The van der Waals surface area contributed by atoms with E-state index >= 15 is 0 Å². The minimum atomic E-state index is -0.571. The Balaban J connectivity index is 1.64. The summed E-state index contributed by atoms with van der Waals surface area (Å²) >= 11 is 6.07. The summed E-state index contributed by atoms with van der Waals surface area (Å²) in [4.78, 5) is 25.2. The molecule has 5 heteroatoms. The van der Waals surface area contributed by atoms with Gasteiger partial charge in [0, 0.05) is 5.56 Å². The Bertz CT molecular complexity index is 1180. The van der Waals surface area contributed by atoms with Crippen molar-refractivity contribution in [3.63, 3.8) is 0 Å². The maximum atomic E-state index is 12.7. The second kappa shape index (κ2) is 7.57. The summed E-state index contributed by atoms with van der Waals surface area (Å²) in [5, 5.41) is 0.311. The zero-order chi connectivity index (χ0) is 20.5. The molecule has 29 heavy (non-hydrogen) atoms. The van der Waals surface area contributed by atoms with E-state index in [9.17, 15) is 9.59 Å². The molecule has 0 N–H and O–H groups in total. The third-order valence-corrected chi connectivity index (χ3v) is 5.14. The van der Waals surface area contributed by atoms with Crippen LogP contribution in [0.2, 0.25) is 5.02 Å². The van der Waals surface area contributed by atoms with Crippen LogP contribution in [0.3, 0.4) is 0 Å². The van der Waals surface area contributed by atoms with Crippen molar-refractivity contribution in [3.05, 3.63) is 99.3 Å². The van der Waals surface area contributed by atoms with Gasteiger partial charge >= 0.3 is 5.97 Å². The number of halogens is 1. The minimum absolute atomic E-state index is 0.199. The first-order valence-corrected chi connectivity index (χ1v) is 9.43. The van der Waals surface area contributed by atoms with E-state index in [-0.39, 0.29) is 17.1 Å². The second-order valence-corrected chi connectivity index (χ2v) is 7.14. The van der Waals surface area contributed by atoms with Gasteiger partial charge in [-0.1, -0.05) is 48.0 Å². The Kier molecular flexibility index (Phi) is 4.95. The first-order valence-electron chi connectivity index (χ1n) is 9.06. The molecule has 0 unspecified atom stereocenters. The molecule has 0 spiro atoms. The zero-order valence-corrected chi connectivity index (χ0v) is 16.6. The molecule has 3 aromatic rings. The third-order valence-electron chi connectivity index (χ3n) is 4.81. The quantitative estimate of drug-likeness (QED) is 0.315. The van der Waals surface area contributed by atoms with Crippen LogP contribution in [0.25, 0.3) is 6.08 Å². The Hall–Kier alpha value is -3.37. The predicted octanol–water partition coefficient (Wildman–Crippen LogP) is 5.79. The van der Waals surface area contributed by atoms with Crippen molar-refractivity contribution in [2.45, 2.75) is 13.8 Å². The molecule has 1 heterocycles. The van der Waals surface area contributed by atoms with Crippen molar-refractivity contribution in [2.75, 3.05) is 0 Å². The molecule has 0 saturated carbocycles. The Labute approximate surface area is 173 Å². The van der Waals surface area contributed by atoms with Crippen molar-refractivity contribution >= 4 is 29.4 Å². The van der Waals surface area contributed by atoms with E-state index in [1.165, 1.54) is 0 Å². The van der Waals surface area contributed by atoms with Gasteiger partial charge in [0.1, 0.15) is 11.5 Å². The Morgan fingerprint density at radius 3 is 2.48 bits per heavy atom. The van der Waals surface area contributed by atoms with Crippen LogP contribution in [0.4, 0.5) is 0 Å². The number of ether oxygens (including phenoxy) is 2. The molecule has 0 saturated heterocycles. The molecule has 144 valence electrons. The average Bonchev–Trinajstić information content (AvgIpc) is 3.02. The van der Waals surface area contributed by atoms with Crippen LogP contribution in [0.5, 0.6) is 11.5 Å². The topological polar surface area (TPSA) is 52.6 Å². The lowest BCUT2D eigenvalue weighted by Gasteiger charge is -2.10. The third kappa shape index (κ3) is 3.55. The number of fused-ring (bicyclic) bond motifs is 1. The fraction of sp³-hybridized carbons (Fsp3) is 0.0833. The van der Waals surface area contributed by atoms with Gasteiger partial charge in [-0.2, -0.15) is 0 Å². The summed E-state index contributed by atoms with van der Waals surface area (Å²) in [5.41, 5.74) is 3.24. The fourth-order valence-electron chi connectivity index (χ4n) is 3.15. The van der Waals surface area contributed by atoms with Gasteiger partial charge in [0.15, 0.2) is 5.76 Å². The van der Waals surface area contributed by atoms with Crippen molar-refractivity contribution in [1.82, 2.24) is 0 Å². The molecule has 1 aliphatic rings. The number of hydrogen-bond donors (Lipinski definition) is 0. The van der Waals surface area contributed by atoms with E-state index in [2.05, 4.69) is 0 Å². The number of allylic oxidation sites excluding steroid dienone is 1. The molecule has 0 aromatic heterocycles. The van der Waals surface area contributed by atoms with Crippen LogP contribution in [0.15, 0.2) is 66.4 Å². The lowest BCUT2D eigenvalue weighted by molar-refractivity contribution is 0.0733. The van der Waals surface area contributed by atoms with Crippen molar-refractivity contribution < 1.29 is 19.1 Å². The normalized spacial score (nSPS) is 13.9. The van der Waals surface area contributed by atoms with Gasteiger partial charge in [-0.3, -0.25) is 4.79 Å². The highest BCUT2D eigenvalue weighted by atomic mass is 35.5. The highest BCUT2D eigenvalue weighted by Crippen LogP contribution is 2.39. The van der Waals surface area contributed by atoms with Gasteiger partial charge in [-0.05, 0) is 55.3 Å². The molecule has 0 amide bonds. The largest absolute Gasteiger partial charge is 0.452 e. The van der Waals surface area contributed by atoms with E-state index < -0.39 is 5.97 Å². The van der Waals surface area contributed by atoms with Crippen molar-refractivity contribution in [3.8, 4) is 11.5 Å². The summed E-state index contributed by atoms with van der Waals surface area (Å²) in [5.74, 6) is 0.193. The maximum absolute atomic E-state index is 12.7. The summed E-state index contributed by atoms with van der Waals surface area (Å²) < 4.78 is 11.4. The minimum Gasteiger partial charge on any atom is -0.452 e. The molecule has 0 bridgehead atoms. The van der Waals surface area contributed by atoms with Crippen LogP contribution in [0, 0.1) is 13.8 Å². The summed E-state index contributed by atoms with van der Waals surface area (Å²) in [7, 11) is 0. The van der Waals surface area contributed by atoms with Crippen LogP contribution < -0.4 is 9.47 Å². The Morgan fingerprint density at radius 2 is 1.72 bits per heavy atom. The Morgan fingerprint density at radius 1 is 1.00 bits per heavy atom. The number of hydrogen-bond acceptors (Lipinski definition) is 4. The van der Waals surface area contributed by atoms with Crippen LogP contribution in [-0.2, 0) is 0 Å². The number of aryl methyl sites for hydroxylation is 1. The zero-order valence-electron chi connectivity index (χ0n) is 15.9. The fourth-order valence-corrected chi connectivity index (χ4v) is 3.36. The van der Waals surface area contributed by atoms with E-state index in [0.29, 0.717) is 27.6 Å². The standard InChI is InChI=1S/C24H17ClO4/c1-14-7-3-4-8-16(14)13-21-22(26)18-11-12-20(15(2)23(18)28-21)29-24(27)17-9-5-6-10-19(17)25/h3-13H,1-2H3/b21-13-. The number of ketones is 1. The SMILES string of the molecule is Cc1ccccc1/C=C1\Oc2c(ccc(OC(=O)c3ccccc3Cl)c2C)C1=O.